The van der Waals surface area contributed by atoms with Crippen molar-refractivity contribution >= 4 is 0 Å². The molecular formula is C14H17NO. The Morgan fingerprint density at radius 2 is 1.88 bits per heavy atom. The fraction of sp³-hybridized carbons (Fsp3) is 0.286. The van der Waals surface area contributed by atoms with Gasteiger partial charge in [0.25, 0.3) is 0 Å². The van der Waals surface area contributed by atoms with Gasteiger partial charge in [-0.2, -0.15) is 0 Å². The Morgan fingerprint density at radius 1 is 1.06 bits per heavy atom. The van der Waals surface area contributed by atoms with Gasteiger partial charge >= 0.3 is 0 Å². The smallest absolute Gasteiger partial charge is 0.0980 e. The highest BCUT2D eigenvalue weighted by Gasteiger charge is 1.98. The highest BCUT2D eigenvalue weighted by Crippen LogP contribution is 2.19. The number of rotatable bonds is 5. The third kappa shape index (κ3) is 2.74. The van der Waals surface area contributed by atoms with Crippen LogP contribution in [0.25, 0.3) is 11.1 Å². The zero-order chi connectivity index (χ0) is 11.2. The number of furan rings is 1. The van der Waals surface area contributed by atoms with E-state index in [1.54, 1.807) is 12.5 Å². The summed E-state index contributed by atoms with van der Waals surface area (Å²) in [5.74, 6) is 0. The maximum atomic E-state index is 5.07. The van der Waals surface area contributed by atoms with Crippen molar-refractivity contribution in [1.82, 2.24) is 5.32 Å². The second-order valence-electron chi connectivity index (χ2n) is 3.89. The summed E-state index contributed by atoms with van der Waals surface area (Å²) in [6.45, 7) is 4.19. The molecule has 0 aliphatic rings. The minimum atomic E-state index is 0.944. The molecule has 0 saturated heterocycles. The lowest BCUT2D eigenvalue weighted by Crippen LogP contribution is -2.13. The van der Waals surface area contributed by atoms with E-state index in [2.05, 4.69) is 36.5 Å². The zero-order valence-electron chi connectivity index (χ0n) is 9.57. The van der Waals surface area contributed by atoms with Gasteiger partial charge in [-0.1, -0.05) is 31.2 Å². The van der Waals surface area contributed by atoms with Crippen molar-refractivity contribution in [3.8, 4) is 11.1 Å². The largest absolute Gasteiger partial charge is 0.472 e. The van der Waals surface area contributed by atoms with E-state index in [9.17, 15) is 0 Å². The molecule has 16 heavy (non-hydrogen) atoms. The number of benzene rings is 1. The van der Waals surface area contributed by atoms with Gasteiger partial charge in [-0.25, -0.2) is 0 Å². The molecule has 0 amide bonds. The van der Waals surface area contributed by atoms with Crippen molar-refractivity contribution in [3.63, 3.8) is 0 Å². The van der Waals surface area contributed by atoms with Gasteiger partial charge in [0, 0.05) is 12.1 Å². The van der Waals surface area contributed by atoms with Crippen LogP contribution < -0.4 is 5.32 Å². The lowest BCUT2D eigenvalue weighted by Gasteiger charge is -2.04. The molecule has 0 aliphatic carbocycles. The van der Waals surface area contributed by atoms with E-state index in [1.807, 2.05) is 6.07 Å². The minimum absolute atomic E-state index is 0.944. The summed E-state index contributed by atoms with van der Waals surface area (Å²) >= 11 is 0. The van der Waals surface area contributed by atoms with Gasteiger partial charge in [0.15, 0.2) is 0 Å². The predicted octanol–water partition coefficient (Wildman–Crippen LogP) is 3.45. The molecule has 1 heterocycles. The number of nitrogens with one attached hydrogen (secondary N) is 1. The molecule has 0 unspecified atom stereocenters. The van der Waals surface area contributed by atoms with Gasteiger partial charge in [0.05, 0.1) is 12.5 Å². The first-order chi connectivity index (χ1) is 7.90. The molecule has 2 aromatic rings. The average Bonchev–Trinajstić information content (AvgIpc) is 2.84. The maximum Gasteiger partial charge on any atom is 0.0980 e. The molecular weight excluding hydrogens is 198 g/mol. The van der Waals surface area contributed by atoms with E-state index in [4.69, 9.17) is 4.42 Å². The lowest BCUT2D eigenvalue weighted by molar-refractivity contribution is 0.568. The highest BCUT2D eigenvalue weighted by molar-refractivity contribution is 5.62. The first kappa shape index (κ1) is 11.0. The Kier molecular flexibility index (Phi) is 3.78. The van der Waals surface area contributed by atoms with Crippen LogP contribution in [0.3, 0.4) is 0 Å². The summed E-state index contributed by atoms with van der Waals surface area (Å²) in [5.41, 5.74) is 3.65. The van der Waals surface area contributed by atoms with E-state index in [0.717, 1.165) is 18.7 Å². The van der Waals surface area contributed by atoms with Crippen LogP contribution in [0, 0.1) is 0 Å². The van der Waals surface area contributed by atoms with Crippen molar-refractivity contribution in [1.29, 1.82) is 0 Å². The van der Waals surface area contributed by atoms with E-state index in [0.29, 0.717) is 0 Å². The number of hydrogen-bond donors (Lipinski definition) is 1. The van der Waals surface area contributed by atoms with Crippen molar-refractivity contribution < 1.29 is 4.42 Å². The SMILES string of the molecule is CCCNCc1ccc(-c2ccoc2)cc1. The topological polar surface area (TPSA) is 25.2 Å². The van der Waals surface area contributed by atoms with Gasteiger partial charge in [-0.15, -0.1) is 0 Å². The lowest BCUT2D eigenvalue weighted by atomic mass is 10.1. The van der Waals surface area contributed by atoms with Crippen molar-refractivity contribution in [2.75, 3.05) is 6.54 Å². The Morgan fingerprint density at radius 3 is 2.50 bits per heavy atom. The quantitative estimate of drug-likeness (QED) is 0.773. The molecule has 1 aromatic carbocycles. The van der Waals surface area contributed by atoms with Crippen LogP contribution in [0.2, 0.25) is 0 Å². The third-order valence-corrected chi connectivity index (χ3v) is 2.56. The molecule has 0 radical (unpaired) electrons. The minimum Gasteiger partial charge on any atom is -0.472 e. The first-order valence-electron chi connectivity index (χ1n) is 5.72. The van der Waals surface area contributed by atoms with Crippen LogP contribution in [0.4, 0.5) is 0 Å². The van der Waals surface area contributed by atoms with Crippen molar-refractivity contribution in [3.05, 3.63) is 48.4 Å². The Bertz CT molecular complexity index is 403. The van der Waals surface area contributed by atoms with Crippen LogP contribution in [0.5, 0.6) is 0 Å². The highest BCUT2D eigenvalue weighted by atomic mass is 16.3. The molecule has 0 fully saturated rings. The molecule has 84 valence electrons. The molecule has 1 N–H and O–H groups in total. The summed E-state index contributed by atoms with van der Waals surface area (Å²) in [5, 5.41) is 3.39. The Balaban J connectivity index is 2.00. The van der Waals surface area contributed by atoms with E-state index in [-0.39, 0.29) is 0 Å². The average molecular weight is 215 g/mol. The fourth-order valence-electron chi connectivity index (χ4n) is 1.65. The monoisotopic (exact) mass is 215 g/mol. The van der Waals surface area contributed by atoms with E-state index >= 15 is 0 Å². The molecule has 0 bridgehead atoms. The van der Waals surface area contributed by atoms with Gasteiger partial charge < -0.3 is 9.73 Å². The summed E-state index contributed by atoms with van der Waals surface area (Å²) in [6.07, 6.45) is 4.64. The summed E-state index contributed by atoms with van der Waals surface area (Å²) in [4.78, 5) is 0. The molecule has 0 aliphatic heterocycles. The van der Waals surface area contributed by atoms with Crippen molar-refractivity contribution in [2.24, 2.45) is 0 Å². The van der Waals surface area contributed by atoms with Crippen molar-refractivity contribution in [2.45, 2.75) is 19.9 Å². The van der Waals surface area contributed by atoms with Crippen LogP contribution in [0.15, 0.2) is 47.3 Å². The maximum absolute atomic E-state index is 5.07. The van der Waals surface area contributed by atoms with E-state index in [1.165, 1.54) is 17.5 Å². The normalized spacial score (nSPS) is 10.6. The van der Waals surface area contributed by atoms with Gasteiger partial charge in [0.2, 0.25) is 0 Å². The standard InChI is InChI=1S/C14H17NO/c1-2-8-15-10-12-3-5-13(6-4-12)14-7-9-16-11-14/h3-7,9,11,15H,2,8,10H2,1H3. The van der Waals surface area contributed by atoms with Crippen LogP contribution in [-0.4, -0.2) is 6.54 Å². The molecule has 2 rings (SSSR count). The summed E-state index contributed by atoms with van der Waals surface area (Å²) < 4.78 is 5.07. The van der Waals surface area contributed by atoms with Crippen LogP contribution in [0.1, 0.15) is 18.9 Å². The second-order valence-corrected chi connectivity index (χ2v) is 3.89. The molecule has 0 atom stereocenters. The third-order valence-electron chi connectivity index (χ3n) is 2.56. The van der Waals surface area contributed by atoms with Crippen LogP contribution in [-0.2, 0) is 6.54 Å². The van der Waals surface area contributed by atoms with E-state index < -0.39 is 0 Å². The predicted molar refractivity (Wildman–Crippen MR) is 66.1 cm³/mol. The molecule has 2 heteroatoms. The fourth-order valence-corrected chi connectivity index (χ4v) is 1.65. The summed E-state index contributed by atoms with van der Waals surface area (Å²) in [7, 11) is 0. The van der Waals surface area contributed by atoms with Crippen LogP contribution >= 0.6 is 0 Å². The zero-order valence-corrected chi connectivity index (χ0v) is 9.57. The summed E-state index contributed by atoms with van der Waals surface area (Å²) in [6, 6.07) is 10.6. The molecule has 0 saturated carbocycles. The number of hydrogen-bond acceptors (Lipinski definition) is 2. The molecule has 2 nitrogen and oxygen atoms in total. The van der Waals surface area contributed by atoms with Gasteiger partial charge in [-0.05, 0) is 30.2 Å². The molecule has 1 aromatic heterocycles. The first-order valence-corrected chi connectivity index (χ1v) is 5.72. The van der Waals surface area contributed by atoms with Gasteiger partial charge in [0.1, 0.15) is 0 Å². The van der Waals surface area contributed by atoms with Gasteiger partial charge in [-0.3, -0.25) is 0 Å². The Labute approximate surface area is 96.3 Å². The second kappa shape index (κ2) is 5.52. The molecule has 0 spiro atoms. The Hall–Kier alpha value is -1.54.